The molecule has 0 aliphatic carbocycles. The van der Waals surface area contributed by atoms with Crippen molar-refractivity contribution in [3.63, 3.8) is 0 Å². The van der Waals surface area contributed by atoms with Crippen LogP contribution in [0.1, 0.15) is 20.8 Å². The van der Waals surface area contributed by atoms with E-state index < -0.39 is 11.9 Å². The first-order valence-electron chi connectivity index (χ1n) is 6.27. The van der Waals surface area contributed by atoms with E-state index in [0.717, 1.165) is 0 Å². The van der Waals surface area contributed by atoms with Crippen molar-refractivity contribution in [2.24, 2.45) is 0 Å². The van der Waals surface area contributed by atoms with E-state index in [1.807, 2.05) is 13.8 Å². The molecule has 1 aromatic rings. The van der Waals surface area contributed by atoms with Crippen LogP contribution in [0.3, 0.4) is 0 Å². The molecule has 0 fully saturated rings. The van der Waals surface area contributed by atoms with Gasteiger partial charge in [0.15, 0.2) is 0 Å². The van der Waals surface area contributed by atoms with Gasteiger partial charge in [-0.3, -0.25) is 14.4 Å². The lowest BCUT2D eigenvalue weighted by atomic mass is 10.2. The number of rotatable bonds is 6. The Balaban J connectivity index is 2.68. The second-order valence-electron chi connectivity index (χ2n) is 4.57. The molecule has 0 saturated carbocycles. The Kier molecular flexibility index (Phi) is 5.92. The average molecular weight is 281 g/mol. The van der Waals surface area contributed by atoms with Crippen molar-refractivity contribution in [2.75, 3.05) is 11.9 Å². The Morgan fingerprint density at radius 2 is 2.05 bits per heavy atom. The number of amides is 2. The van der Waals surface area contributed by atoms with Crippen LogP contribution in [-0.2, 0) is 14.3 Å². The molecule has 7 heteroatoms. The van der Waals surface area contributed by atoms with Gasteiger partial charge < -0.3 is 20.4 Å². The first kappa shape index (κ1) is 15.9. The highest BCUT2D eigenvalue weighted by molar-refractivity contribution is 5.96. The van der Waals surface area contributed by atoms with Crippen LogP contribution >= 0.6 is 0 Å². The third-order valence-electron chi connectivity index (χ3n) is 2.34. The summed E-state index contributed by atoms with van der Waals surface area (Å²) in [5.74, 6) is -0.730. The lowest BCUT2D eigenvalue weighted by Gasteiger charge is -2.19. The molecule has 0 aliphatic heterocycles. The van der Waals surface area contributed by atoms with Crippen LogP contribution in [0.2, 0.25) is 0 Å². The Morgan fingerprint density at radius 1 is 1.35 bits per heavy atom. The summed E-state index contributed by atoms with van der Waals surface area (Å²) in [5, 5.41) is 5.11. The second-order valence-corrected chi connectivity index (χ2v) is 4.57. The van der Waals surface area contributed by atoms with E-state index in [2.05, 4.69) is 15.6 Å². The van der Waals surface area contributed by atoms with Crippen LogP contribution in [0.15, 0.2) is 23.1 Å². The molecule has 0 radical (unpaired) electrons. The highest BCUT2D eigenvalue weighted by Gasteiger charge is 2.20. The van der Waals surface area contributed by atoms with Crippen molar-refractivity contribution < 1.29 is 14.3 Å². The molecule has 1 unspecified atom stereocenters. The van der Waals surface area contributed by atoms with Gasteiger partial charge in [0.2, 0.25) is 17.4 Å². The van der Waals surface area contributed by atoms with Gasteiger partial charge in [-0.1, -0.05) is 0 Å². The van der Waals surface area contributed by atoms with Crippen LogP contribution in [0.25, 0.3) is 0 Å². The number of carbonyl (C=O) groups excluding carboxylic acids is 2. The minimum Gasteiger partial charge on any atom is -0.376 e. The molecule has 2 amide bonds. The van der Waals surface area contributed by atoms with Crippen molar-refractivity contribution in [2.45, 2.75) is 32.9 Å². The fourth-order valence-corrected chi connectivity index (χ4v) is 1.43. The fraction of sp³-hybridized carbons (Fsp3) is 0.462. The summed E-state index contributed by atoms with van der Waals surface area (Å²) in [7, 11) is 0. The standard InChI is InChI=1S/C13H19N3O4/c1-8(2)20-7-11(15-9(3)17)13(19)16-10-4-5-12(18)14-6-10/h4-6,8,11H,7H2,1-3H3,(H,14,18)(H,15,17)(H,16,19). The number of H-pyrrole nitrogens is 1. The van der Waals surface area contributed by atoms with E-state index in [4.69, 9.17) is 4.74 Å². The summed E-state index contributed by atoms with van der Waals surface area (Å²) < 4.78 is 5.35. The summed E-state index contributed by atoms with van der Waals surface area (Å²) >= 11 is 0. The zero-order valence-corrected chi connectivity index (χ0v) is 11.7. The molecule has 7 nitrogen and oxygen atoms in total. The fourth-order valence-electron chi connectivity index (χ4n) is 1.43. The van der Waals surface area contributed by atoms with Gasteiger partial charge in [0.05, 0.1) is 18.4 Å². The quantitative estimate of drug-likeness (QED) is 0.695. The monoisotopic (exact) mass is 281 g/mol. The number of hydrogen-bond donors (Lipinski definition) is 3. The summed E-state index contributed by atoms with van der Waals surface area (Å²) in [4.78, 5) is 36.5. The molecule has 0 spiro atoms. The van der Waals surface area contributed by atoms with Gasteiger partial charge in [0.25, 0.3) is 0 Å². The maximum absolute atomic E-state index is 12.0. The van der Waals surface area contributed by atoms with E-state index >= 15 is 0 Å². The Morgan fingerprint density at radius 3 is 2.55 bits per heavy atom. The molecule has 0 aromatic carbocycles. The number of aromatic nitrogens is 1. The highest BCUT2D eigenvalue weighted by Crippen LogP contribution is 2.03. The van der Waals surface area contributed by atoms with Crippen molar-refractivity contribution in [3.05, 3.63) is 28.7 Å². The molecule has 1 rings (SSSR count). The third-order valence-corrected chi connectivity index (χ3v) is 2.34. The summed E-state index contributed by atoms with van der Waals surface area (Å²) in [6.45, 7) is 5.08. The summed E-state index contributed by atoms with van der Waals surface area (Å²) in [6.07, 6.45) is 1.33. The normalized spacial score (nSPS) is 12.0. The molecular weight excluding hydrogens is 262 g/mol. The molecule has 0 aliphatic rings. The largest absolute Gasteiger partial charge is 0.376 e. The van der Waals surface area contributed by atoms with E-state index in [0.29, 0.717) is 5.69 Å². The van der Waals surface area contributed by atoms with Gasteiger partial charge in [0.1, 0.15) is 6.04 Å². The molecule has 110 valence electrons. The average Bonchev–Trinajstić information content (AvgIpc) is 2.36. The maximum Gasteiger partial charge on any atom is 0.249 e. The first-order valence-corrected chi connectivity index (χ1v) is 6.27. The number of carbonyl (C=O) groups is 2. The minimum absolute atomic E-state index is 0.0489. The van der Waals surface area contributed by atoms with Crippen molar-refractivity contribution >= 4 is 17.5 Å². The number of ether oxygens (including phenoxy) is 1. The van der Waals surface area contributed by atoms with Crippen LogP contribution < -0.4 is 16.2 Å². The molecular formula is C13H19N3O4. The highest BCUT2D eigenvalue weighted by atomic mass is 16.5. The predicted octanol–water partition coefficient (Wildman–Crippen LogP) is 0.243. The number of pyridine rings is 1. The predicted molar refractivity (Wildman–Crippen MR) is 74.4 cm³/mol. The molecule has 1 aromatic heterocycles. The Labute approximate surface area is 116 Å². The lowest BCUT2D eigenvalue weighted by Crippen LogP contribution is -2.46. The van der Waals surface area contributed by atoms with Gasteiger partial charge in [0, 0.05) is 19.2 Å². The zero-order valence-electron chi connectivity index (χ0n) is 11.7. The molecule has 1 heterocycles. The third kappa shape index (κ3) is 5.66. The van der Waals surface area contributed by atoms with Gasteiger partial charge in [-0.25, -0.2) is 0 Å². The number of nitrogens with one attached hydrogen (secondary N) is 3. The molecule has 3 N–H and O–H groups in total. The first-order chi connectivity index (χ1) is 9.38. The van der Waals surface area contributed by atoms with Crippen LogP contribution in [0.4, 0.5) is 5.69 Å². The summed E-state index contributed by atoms with van der Waals surface area (Å²) in [5.41, 5.74) is 0.180. The van der Waals surface area contributed by atoms with E-state index in [1.54, 1.807) is 0 Å². The number of anilines is 1. The van der Waals surface area contributed by atoms with Crippen LogP contribution in [0, 0.1) is 0 Å². The maximum atomic E-state index is 12.0. The molecule has 20 heavy (non-hydrogen) atoms. The van der Waals surface area contributed by atoms with E-state index in [-0.39, 0.29) is 24.2 Å². The van der Waals surface area contributed by atoms with Crippen LogP contribution in [-0.4, -0.2) is 35.6 Å². The van der Waals surface area contributed by atoms with E-state index in [9.17, 15) is 14.4 Å². The van der Waals surface area contributed by atoms with Crippen molar-refractivity contribution in [1.29, 1.82) is 0 Å². The molecule has 0 bridgehead atoms. The number of aromatic amines is 1. The van der Waals surface area contributed by atoms with Crippen molar-refractivity contribution in [3.8, 4) is 0 Å². The van der Waals surface area contributed by atoms with E-state index in [1.165, 1.54) is 25.3 Å². The molecule has 0 saturated heterocycles. The van der Waals surface area contributed by atoms with Gasteiger partial charge in [-0.15, -0.1) is 0 Å². The Bertz CT molecular complexity index is 504. The SMILES string of the molecule is CC(=O)NC(COC(C)C)C(=O)Nc1ccc(=O)[nH]c1. The zero-order chi connectivity index (χ0) is 15.1. The molecule has 1 atom stereocenters. The van der Waals surface area contributed by atoms with Crippen LogP contribution in [0.5, 0.6) is 0 Å². The second kappa shape index (κ2) is 7.44. The number of hydrogen-bond acceptors (Lipinski definition) is 4. The minimum atomic E-state index is -0.790. The smallest absolute Gasteiger partial charge is 0.249 e. The summed E-state index contributed by atoms with van der Waals surface area (Å²) in [6, 6.07) is 1.99. The lowest BCUT2D eigenvalue weighted by molar-refractivity contribution is -0.127. The van der Waals surface area contributed by atoms with Gasteiger partial charge in [-0.05, 0) is 19.9 Å². The Hall–Kier alpha value is -2.15. The van der Waals surface area contributed by atoms with Gasteiger partial charge in [-0.2, -0.15) is 0 Å². The van der Waals surface area contributed by atoms with Crippen molar-refractivity contribution in [1.82, 2.24) is 10.3 Å². The topological polar surface area (TPSA) is 100 Å². The van der Waals surface area contributed by atoms with Gasteiger partial charge >= 0.3 is 0 Å².